The molecule has 4 atom stereocenters. The summed E-state index contributed by atoms with van der Waals surface area (Å²) in [5.41, 5.74) is 5.22. The van der Waals surface area contributed by atoms with Crippen LogP contribution < -0.4 is 5.73 Å². The van der Waals surface area contributed by atoms with E-state index in [-0.39, 0.29) is 0 Å². The zero-order valence-corrected chi connectivity index (χ0v) is 11.0. The van der Waals surface area contributed by atoms with E-state index in [2.05, 4.69) is 31.7 Å². The van der Waals surface area contributed by atoms with Crippen molar-refractivity contribution < 1.29 is 0 Å². The Kier molecular flexibility index (Phi) is 4.35. The maximum Gasteiger partial charge on any atom is 0.102 e. The smallest absolute Gasteiger partial charge is 0.102 e. The Morgan fingerprint density at radius 2 is 2.19 bits per heavy atom. The van der Waals surface area contributed by atoms with Gasteiger partial charge in [0.1, 0.15) is 5.54 Å². The minimum Gasteiger partial charge on any atom is -0.314 e. The second-order valence-corrected chi connectivity index (χ2v) is 5.80. The quantitative estimate of drug-likeness (QED) is 0.797. The Labute approximate surface area is 99.6 Å². The third-order valence-corrected chi connectivity index (χ3v) is 3.73. The molecule has 1 aliphatic heterocycles. The molecule has 0 aromatic heterocycles. The van der Waals surface area contributed by atoms with E-state index < -0.39 is 5.54 Å². The summed E-state index contributed by atoms with van der Waals surface area (Å²) in [7, 11) is 0. The molecular weight excluding hydrogens is 198 g/mol. The van der Waals surface area contributed by atoms with Crippen molar-refractivity contribution in [3.05, 3.63) is 0 Å². The molecule has 1 saturated heterocycles. The Bertz CT molecular complexity index is 267. The highest BCUT2D eigenvalue weighted by Gasteiger charge is 2.30. The van der Waals surface area contributed by atoms with Gasteiger partial charge in [-0.1, -0.05) is 6.92 Å². The van der Waals surface area contributed by atoms with Crippen LogP contribution in [0.15, 0.2) is 0 Å². The lowest BCUT2D eigenvalue weighted by Crippen LogP contribution is -2.49. The van der Waals surface area contributed by atoms with E-state index in [1.807, 2.05) is 6.92 Å². The zero-order valence-electron chi connectivity index (χ0n) is 11.0. The minimum atomic E-state index is -0.692. The van der Waals surface area contributed by atoms with Crippen LogP contribution in [0.5, 0.6) is 0 Å². The lowest BCUT2D eigenvalue weighted by atomic mass is 9.89. The number of nitriles is 1. The number of piperidine rings is 1. The lowest BCUT2D eigenvalue weighted by molar-refractivity contribution is 0.0791. The van der Waals surface area contributed by atoms with Crippen molar-refractivity contribution >= 4 is 0 Å². The molecule has 0 aliphatic carbocycles. The monoisotopic (exact) mass is 223 g/mol. The molecule has 0 aromatic carbocycles. The van der Waals surface area contributed by atoms with Gasteiger partial charge >= 0.3 is 0 Å². The zero-order chi connectivity index (χ0) is 12.3. The van der Waals surface area contributed by atoms with Crippen LogP contribution in [-0.2, 0) is 0 Å². The van der Waals surface area contributed by atoms with Crippen LogP contribution in [0.25, 0.3) is 0 Å². The number of hydrogen-bond donors (Lipinski definition) is 1. The molecule has 0 aromatic rings. The van der Waals surface area contributed by atoms with Crippen LogP contribution in [0.4, 0.5) is 0 Å². The van der Waals surface area contributed by atoms with Crippen molar-refractivity contribution in [1.29, 1.82) is 5.26 Å². The predicted molar refractivity (Wildman–Crippen MR) is 66.9 cm³/mol. The summed E-state index contributed by atoms with van der Waals surface area (Å²) in [6, 6.07) is 3.20. The van der Waals surface area contributed by atoms with Crippen LogP contribution in [-0.4, -0.2) is 29.1 Å². The molecule has 3 heteroatoms. The molecule has 1 rings (SSSR count). The first-order valence-electron chi connectivity index (χ1n) is 6.31. The summed E-state index contributed by atoms with van der Waals surface area (Å²) >= 11 is 0. The summed E-state index contributed by atoms with van der Waals surface area (Å²) < 4.78 is 0. The fourth-order valence-corrected chi connectivity index (χ4v) is 2.86. The van der Waals surface area contributed by atoms with E-state index in [1.54, 1.807) is 0 Å². The largest absolute Gasteiger partial charge is 0.314 e. The molecule has 16 heavy (non-hydrogen) atoms. The third kappa shape index (κ3) is 3.47. The fraction of sp³-hybridized carbons (Fsp3) is 0.923. The van der Waals surface area contributed by atoms with Gasteiger partial charge in [0, 0.05) is 12.1 Å². The van der Waals surface area contributed by atoms with Crippen LogP contribution in [0, 0.1) is 17.2 Å². The number of nitrogens with two attached hydrogens (primary N) is 1. The average Bonchev–Trinajstić information content (AvgIpc) is 2.16. The Balaban J connectivity index is 2.55. The van der Waals surface area contributed by atoms with Gasteiger partial charge in [0.15, 0.2) is 0 Å². The van der Waals surface area contributed by atoms with Gasteiger partial charge in [-0.25, -0.2) is 0 Å². The van der Waals surface area contributed by atoms with E-state index in [4.69, 9.17) is 11.0 Å². The summed E-state index contributed by atoms with van der Waals surface area (Å²) in [6.45, 7) is 9.76. The molecule has 1 heterocycles. The lowest BCUT2D eigenvalue weighted by Gasteiger charge is -2.41. The molecule has 0 saturated carbocycles. The molecule has 0 spiro atoms. The standard InChI is InChI=1S/C13H25N3/c1-10-5-6-16(11(2)7-10)12(3)8-13(4,15)9-14/h10-12H,5-8,15H2,1-4H3. The van der Waals surface area contributed by atoms with Gasteiger partial charge < -0.3 is 5.73 Å². The molecule has 92 valence electrons. The first kappa shape index (κ1) is 13.5. The molecule has 4 unspecified atom stereocenters. The third-order valence-electron chi connectivity index (χ3n) is 3.73. The van der Waals surface area contributed by atoms with Gasteiger partial charge in [-0.2, -0.15) is 5.26 Å². The maximum absolute atomic E-state index is 8.96. The average molecular weight is 223 g/mol. The molecule has 0 radical (unpaired) electrons. The Hall–Kier alpha value is -0.590. The number of nitrogens with zero attached hydrogens (tertiary/aromatic N) is 2. The fourth-order valence-electron chi connectivity index (χ4n) is 2.86. The summed E-state index contributed by atoms with van der Waals surface area (Å²) in [6.07, 6.45) is 3.28. The predicted octanol–water partition coefficient (Wildman–Crippen LogP) is 2.13. The van der Waals surface area contributed by atoms with Gasteiger partial charge in [0.25, 0.3) is 0 Å². The normalized spacial score (nSPS) is 32.8. The van der Waals surface area contributed by atoms with Crippen molar-refractivity contribution in [3.63, 3.8) is 0 Å². The highest BCUT2D eigenvalue weighted by Crippen LogP contribution is 2.26. The van der Waals surface area contributed by atoms with E-state index in [1.165, 1.54) is 12.8 Å². The summed E-state index contributed by atoms with van der Waals surface area (Å²) in [5, 5.41) is 8.96. The molecule has 0 amide bonds. The SMILES string of the molecule is CC1CCN(C(C)CC(C)(N)C#N)C(C)C1. The van der Waals surface area contributed by atoms with Crippen LogP contribution in [0.1, 0.15) is 47.0 Å². The van der Waals surface area contributed by atoms with Crippen molar-refractivity contribution in [1.82, 2.24) is 4.90 Å². The number of likely N-dealkylation sites (tertiary alicyclic amines) is 1. The first-order valence-corrected chi connectivity index (χ1v) is 6.31. The maximum atomic E-state index is 8.96. The second-order valence-electron chi connectivity index (χ2n) is 5.80. The number of hydrogen-bond acceptors (Lipinski definition) is 3. The molecule has 1 aliphatic rings. The van der Waals surface area contributed by atoms with E-state index in [0.29, 0.717) is 12.1 Å². The van der Waals surface area contributed by atoms with Gasteiger partial charge in [0.05, 0.1) is 6.07 Å². The molecule has 1 fully saturated rings. The van der Waals surface area contributed by atoms with Crippen molar-refractivity contribution in [2.75, 3.05) is 6.54 Å². The molecule has 2 N–H and O–H groups in total. The summed E-state index contributed by atoms with van der Waals surface area (Å²) in [5.74, 6) is 0.832. The summed E-state index contributed by atoms with van der Waals surface area (Å²) in [4.78, 5) is 2.50. The van der Waals surface area contributed by atoms with Crippen LogP contribution in [0.3, 0.4) is 0 Å². The minimum absolute atomic E-state index is 0.400. The Morgan fingerprint density at radius 3 is 2.69 bits per heavy atom. The van der Waals surface area contributed by atoms with Crippen molar-refractivity contribution in [2.45, 2.75) is 64.6 Å². The van der Waals surface area contributed by atoms with Gasteiger partial charge in [-0.05, 0) is 52.5 Å². The van der Waals surface area contributed by atoms with Gasteiger partial charge in [-0.3, -0.25) is 4.90 Å². The van der Waals surface area contributed by atoms with E-state index >= 15 is 0 Å². The molecule has 0 bridgehead atoms. The van der Waals surface area contributed by atoms with E-state index in [9.17, 15) is 0 Å². The second kappa shape index (κ2) is 5.16. The van der Waals surface area contributed by atoms with Crippen LogP contribution in [0.2, 0.25) is 0 Å². The van der Waals surface area contributed by atoms with Crippen molar-refractivity contribution in [3.8, 4) is 6.07 Å². The first-order chi connectivity index (χ1) is 7.35. The number of rotatable bonds is 3. The highest BCUT2D eigenvalue weighted by molar-refractivity contribution is 5.03. The molecule has 3 nitrogen and oxygen atoms in total. The Morgan fingerprint density at radius 1 is 1.56 bits per heavy atom. The van der Waals surface area contributed by atoms with Gasteiger partial charge in [-0.15, -0.1) is 0 Å². The topological polar surface area (TPSA) is 53.0 Å². The van der Waals surface area contributed by atoms with Crippen molar-refractivity contribution in [2.24, 2.45) is 11.7 Å². The highest BCUT2D eigenvalue weighted by atomic mass is 15.2. The van der Waals surface area contributed by atoms with Crippen LogP contribution >= 0.6 is 0 Å². The molecular formula is C13H25N3. The van der Waals surface area contributed by atoms with E-state index in [0.717, 1.165) is 18.9 Å². The van der Waals surface area contributed by atoms with Gasteiger partial charge in [0.2, 0.25) is 0 Å².